The summed E-state index contributed by atoms with van der Waals surface area (Å²) in [7, 11) is 0. The molecular weight excluding hydrogens is 290 g/mol. The smallest absolute Gasteiger partial charge is 0.245 e. The minimum atomic E-state index is -0.141. The van der Waals surface area contributed by atoms with Crippen LogP contribution in [0.3, 0.4) is 0 Å². The van der Waals surface area contributed by atoms with Crippen LogP contribution in [0, 0.1) is 5.92 Å². The maximum Gasteiger partial charge on any atom is 0.245 e. The molecule has 0 aromatic carbocycles. The Labute approximate surface area is 137 Å². The van der Waals surface area contributed by atoms with Gasteiger partial charge in [-0.05, 0) is 36.6 Å². The predicted octanol–water partition coefficient (Wildman–Crippen LogP) is 1.90. The number of carbonyl (C=O) groups excluding carboxylic acids is 2. The van der Waals surface area contributed by atoms with Crippen LogP contribution in [0.5, 0.6) is 0 Å². The van der Waals surface area contributed by atoms with Crippen LogP contribution in [0.1, 0.15) is 32.3 Å². The third kappa shape index (κ3) is 4.41. The Morgan fingerprint density at radius 3 is 2.52 bits per heavy atom. The van der Waals surface area contributed by atoms with Crippen LogP contribution in [0.15, 0.2) is 37.2 Å². The number of amides is 2. The quantitative estimate of drug-likeness (QED) is 0.844. The zero-order valence-electron chi connectivity index (χ0n) is 13.9. The van der Waals surface area contributed by atoms with Crippen molar-refractivity contribution in [1.29, 1.82) is 0 Å². The fourth-order valence-corrected chi connectivity index (χ4v) is 2.85. The molecule has 1 aromatic rings. The van der Waals surface area contributed by atoms with Gasteiger partial charge in [0.15, 0.2) is 0 Å². The highest BCUT2D eigenvalue weighted by atomic mass is 16.2. The van der Waals surface area contributed by atoms with Crippen molar-refractivity contribution in [2.24, 2.45) is 5.92 Å². The van der Waals surface area contributed by atoms with E-state index in [-0.39, 0.29) is 23.1 Å². The van der Waals surface area contributed by atoms with Gasteiger partial charge in [0.05, 0.1) is 0 Å². The number of rotatable bonds is 5. The standard InChI is InChI=1S/C18H25N3O2/c1-4-16(22)21-11-7-14(8-12-21)17(23)20-13-18(2,3)15-5-9-19-10-6-15/h4-6,9-10,14H,1,7-8,11-13H2,2-3H3,(H,20,23). The van der Waals surface area contributed by atoms with Crippen molar-refractivity contribution in [2.75, 3.05) is 19.6 Å². The fourth-order valence-electron chi connectivity index (χ4n) is 2.85. The monoisotopic (exact) mass is 315 g/mol. The fraction of sp³-hybridized carbons (Fsp3) is 0.500. The first-order chi connectivity index (χ1) is 10.9. The molecule has 0 radical (unpaired) electrons. The summed E-state index contributed by atoms with van der Waals surface area (Å²) in [6.07, 6.45) is 6.29. The van der Waals surface area contributed by atoms with E-state index in [4.69, 9.17) is 0 Å². The second-order valence-electron chi connectivity index (χ2n) is 6.64. The van der Waals surface area contributed by atoms with Crippen LogP contribution >= 0.6 is 0 Å². The van der Waals surface area contributed by atoms with Gasteiger partial charge in [0.25, 0.3) is 0 Å². The highest BCUT2D eigenvalue weighted by Crippen LogP contribution is 2.22. The molecule has 1 saturated heterocycles. The van der Waals surface area contributed by atoms with Gasteiger partial charge in [-0.2, -0.15) is 0 Å². The Morgan fingerprint density at radius 2 is 1.96 bits per heavy atom. The molecule has 0 atom stereocenters. The molecule has 0 saturated carbocycles. The Bertz CT molecular complexity index is 561. The van der Waals surface area contributed by atoms with Crippen molar-refractivity contribution in [3.8, 4) is 0 Å². The maximum absolute atomic E-state index is 12.4. The molecule has 1 aliphatic rings. The number of likely N-dealkylation sites (tertiary alicyclic amines) is 1. The van der Waals surface area contributed by atoms with E-state index in [9.17, 15) is 9.59 Å². The van der Waals surface area contributed by atoms with Crippen molar-refractivity contribution in [1.82, 2.24) is 15.2 Å². The zero-order valence-corrected chi connectivity index (χ0v) is 13.9. The molecule has 0 aliphatic carbocycles. The molecule has 124 valence electrons. The SMILES string of the molecule is C=CC(=O)N1CCC(C(=O)NCC(C)(C)c2ccncc2)CC1. The van der Waals surface area contributed by atoms with E-state index in [0.717, 1.165) is 5.56 Å². The maximum atomic E-state index is 12.4. The van der Waals surface area contributed by atoms with Crippen LogP contribution in [-0.4, -0.2) is 41.3 Å². The first-order valence-corrected chi connectivity index (χ1v) is 8.03. The molecule has 1 fully saturated rings. The predicted molar refractivity (Wildman–Crippen MR) is 89.8 cm³/mol. The van der Waals surface area contributed by atoms with Crippen LogP contribution in [-0.2, 0) is 15.0 Å². The van der Waals surface area contributed by atoms with Gasteiger partial charge in [0.1, 0.15) is 0 Å². The lowest BCUT2D eigenvalue weighted by atomic mass is 9.85. The Balaban J connectivity index is 1.84. The summed E-state index contributed by atoms with van der Waals surface area (Å²) in [6, 6.07) is 3.96. The molecule has 0 spiro atoms. The van der Waals surface area contributed by atoms with E-state index >= 15 is 0 Å². The summed E-state index contributed by atoms with van der Waals surface area (Å²) in [4.78, 5) is 29.7. The number of aromatic nitrogens is 1. The van der Waals surface area contributed by atoms with Gasteiger partial charge in [-0.1, -0.05) is 20.4 Å². The lowest BCUT2D eigenvalue weighted by molar-refractivity contribution is -0.132. The molecule has 5 nitrogen and oxygen atoms in total. The zero-order chi connectivity index (χ0) is 16.9. The van der Waals surface area contributed by atoms with Gasteiger partial charge in [-0.3, -0.25) is 14.6 Å². The first kappa shape index (κ1) is 17.2. The van der Waals surface area contributed by atoms with E-state index in [2.05, 4.69) is 30.7 Å². The van der Waals surface area contributed by atoms with Crippen molar-refractivity contribution < 1.29 is 9.59 Å². The van der Waals surface area contributed by atoms with E-state index in [0.29, 0.717) is 32.5 Å². The summed E-state index contributed by atoms with van der Waals surface area (Å²) in [5.41, 5.74) is 1.01. The molecule has 2 rings (SSSR count). The number of hydrogen-bond donors (Lipinski definition) is 1. The Kier molecular flexibility index (Phi) is 5.53. The van der Waals surface area contributed by atoms with E-state index in [1.165, 1.54) is 6.08 Å². The number of pyridine rings is 1. The number of piperidine rings is 1. The average Bonchev–Trinajstić information content (AvgIpc) is 2.60. The minimum absolute atomic E-state index is 0.0166. The van der Waals surface area contributed by atoms with Crippen molar-refractivity contribution in [2.45, 2.75) is 32.1 Å². The number of hydrogen-bond acceptors (Lipinski definition) is 3. The number of carbonyl (C=O) groups is 2. The van der Waals surface area contributed by atoms with Gasteiger partial charge in [-0.15, -0.1) is 0 Å². The second-order valence-corrected chi connectivity index (χ2v) is 6.64. The highest BCUT2D eigenvalue weighted by Gasteiger charge is 2.28. The minimum Gasteiger partial charge on any atom is -0.355 e. The molecule has 5 heteroatoms. The molecular formula is C18H25N3O2. The molecule has 2 amide bonds. The first-order valence-electron chi connectivity index (χ1n) is 8.03. The van der Waals surface area contributed by atoms with Crippen LogP contribution < -0.4 is 5.32 Å². The molecule has 1 aliphatic heterocycles. The van der Waals surface area contributed by atoms with Gasteiger partial charge in [0.2, 0.25) is 11.8 Å². The van der Waals surface area contributed by atoms with E-state index in [1.807, 2.05) is 12.1 Å². The summed E-state index contributed by atoms with van der Waals surface area (Å²) < 4.78 is 0. The van der Waals surface area contributed by atoms with Crippen LogP contribution in [0.4, 0.5) is 0 Å². The third-order valence-electron chi connectivity index (χ3n) is 4.52. The molecule has 0 unspecified atom stereocenters. The normalized spacial score (nSPS) is 16.0. The molecule has 1 aromatic heterocycles. The molecule has 2 heterocycles. The Hall–Kier alpha value is -2.17. The largest absolute Gasteiger partial charge is 0.355 e. The van der Waals surface area contributed by atoms with Crippen LogP contribution in [0.2, 0.25) is 0 Å². The average molecular weight is 315 g/mol. The second kappa shape index (κ2) is 7.40. The topological polar surface area (TPSA) is 62.3 Å². The summed E-state index contributed by atoms with van der Waals surface area (Å²) >= 11 is 0. The van der Waals surface area contributed by atoms with Gasteiger partial charge < -0.3 is 10.2 Å². The lowest BCUT2D eigenvalue weighted by Gasteiger charge is -2.32. The van der Waals surface area contributed by atoms with Crippen LogP contribution in [0.25, 0.3) is 0 Å². The highest BCUT2D eigenvalue weighted by molar-refractivity contribution is 5.87. The molecule has 23 heavy (non-hydrogen) atoms. The van der Waals surface area contributed by atoms with Crippen molar-refractivity contribution >= 4 is 11.8 Å². The van der Waals surface area contributed by atoms with E-state index < -0.39 is 0 Å². The summed E-state index contributed by atoms with van der Waals surface area (Å²) in [5, 5.41) is 3.07. The van der Waals surface area contributed by atoms with Gasteiger partial charge >= 0.3 is 0 Å². The van der Waals surface area contributed by atoms with Gasteiger partial charge in [0, 0.05) is 43.4 Å². The van der Waals surface area contributed by atoms with Gasteiger partial charge in [-0.25, -0.2) is 0 Å². The third-order valence-corrected chi connectivity index (χ3v) is 4.52. The molecule has 1 N–H and O–H groups in total. The number of nitrogens with one attached hydrogen (secondary N) is 1. The lowest BCUT2D eigenvalue weighted by Crippen LogP contribution is -2.45. The summed E-state index contributed by atoms with van der Waals surface area (Å²) in [5.74, 6) is 0.0117. The van der Waals surface area contributed by atoms with Crippen molar-refractivity contribution in [3.63, 3.8) is 0 Å². The van der Waals surface area contributed by atoms with Crippen molar-refractivity contribution in [3.05, 3.63) is 42.7 Å². The summed E-state index contributed by atoms with van der Waals surface area (Å²) in [6.45, 7) is 9.54. The van der Waals surface area contributed by atoms with E-state index in [1.54, 1.807) is 17.3 Å². The Morgan fingerprint density at radius 1 is 1.35 bits per heavy atom. The molecule has 0 bridgehead atoms. The number of nitrogens with zero attached hydrogens (tertiary/aromatic N) is 2.